The van der Waals surface area contributed by atoms with Crippen LogP contribution in [0.2, 0.25) is 0 Å². The number of hydrogen-bond acceptors (Lipinski definition) is 2. The van der Waals surface area contributed by atoms with Crippen molar-refractivity contribution < 1.29 is 9.47 Å². The molecular formula is C57H80O2S2. The van der Waals surface area contributed by atoms with Crippen molar-refractivity contribution in [3.63, 3.8) is 0 Å². The fourth-order valence-electron chi connectivity index (χ4n) is 10.2. The molecule has 1 fully saturated rings. The third-order valence-corrected chi connectivity index (χ3v) is 19.4. The maximum atomic E-state index is 7.64. The van der Waals surface area contributed by atoms with Gasteiger partial charge in [-0.1, -0.05) is 91.1 Å². The summed E-state index contributed by atoms with van der Waals surface area (Å²) in [5.41, 5.74) is 23.5. The predicted octanol–water partition coefficient (Wildman–Crippen LogP) is 16.4. The molecule has 4 unspecified atom stereocenters. The zero-order valence-corrected chi connectivity index (χ0v) is 43.3. The van der Waals surface area contributed by atoms with Crippen molar-refractivity contribution in [3.05, 3.63) is 102 Å². The summed E-state index contributed by atoms with van der Waals surface area (Å²) in [7, 11) is -0.299. The Morgan fingerprint density at radius 2 is 0.770 bits per heavy atom. The van der Waals surface area contributed by atoms with Crippen LogP contribution in [0.25, 0.3) is 22.3 Å². The van der Waals surface area contributed by atoms with Crippen LogP contribution in [0.3, 0.4) is 0 Å². The normalized spacial score (nSPS) is 21.3. The Bertz CT molecular complexity index is 2180. The van der Waals surface area contributed by atoms with Crippen molar-refractivity contribution in [1.82, 2.24) is 0 Å². The maximum absolute atomic E-state index is 7.64. The third kappa shape index (κ3) is 9.29. The molecule has 0 amide bonds. The minimum atomic E-state index is -1.03. The van der Waals surface area contributed by atoms with Gasteiger partial charge in [-0.3, -0.25) is 0 Å². The number of benzene rings is 4. The van der Waals surface area contributed by atoms with Crippen LogP contribution in [0.15, 0.2) is 24.3 Å². The first-order valence-electron chi connectivity index (χ1n) is 23.1. The molecule has 2 nitrogen and oxygen atoms in total. The van der Waals surface area contributed by atoms with Crippen LogP contribution < -0.4 is 9.47 Å². The summed E-state index contributed by atoms with van der Waals surface area (Å²) < 4.78 is 15.3. The van der Waals surface area contributed by atoms with E-state index in [-0.39, 0.29) is 31.8 Å². The molecule has 4 heteroatoms. The first-order valence-corrected chi connectivity index (χ1v) is 26.4. The van der Waals surface area contributed by atoms with E-state index in [0.29, 0.717) is 10.5 Å². The van der Waals surface area contributed by atoms with Crippen molar-refractivity contribution in [2.75, 3.05) is 0 Å². The van der Waals surface area contributed by atoms with E-state index in [4.69, 9.17) is 21.2 Å². The largest absolute Gasteiger partial charge is 0.452 e. The average molecular weight is 861 g/mol. The molecule has 1 heterocycles. The van der Waals surface area contributed by atoms with Gasteiger partial charge in [0.1, 0.15) is 11.5 Å². The monoisotopic (exact) mass is 861 g/mol. The van der Waals surface area contributed by atoms with E-state index in [1.54, 1.807) is 0 Å². The molecule has 4 aromatic rings. The SMILES string of the molecule is C=S1Cc2cc(C(C)(C)C)cc(-c3c(C)c(C)c(C)c(C)c3C)c2OC(C)(C)Oc2c(cc(C(C)(C)C)cc2-c2c(C)c(C)c(C)c(C)c2C)CS(=C)C2CCCCCCC21. The Balaban J connectivity index is 1.75. The van der Waals surface area contributed by atoms with Crippen molar-refractivity contribution in [1.29, 1.82) is 0 Å². The predicted molar refractivity (Wildman–Crippen MR) is 276 cm³/mol. The second-order valence-electron chi connectivity index (χ2n) is 21.6. The standard InChI is InChI=1S/C57H80O2S2/c1-33-35(3)39(7)51(40(8)36(33)4)47-29-45(55(11,12)13)27-43-31-60(19)49-25-23-21-22-24-26-50(49)61(20)32-44-28-46(56(14,15)16)30-48(54(44)59-57(17,18)58-53(43)47)52-41(9)37(5)34(2)38(6)42(52)10/h27-30,49-50H,19-26,31-32H2,1-18H3. The van der Waals surface area contributed by atoms with Crippen LogP contribution in [0.4, 0.5) is 0 Å². The summed E-state index contributed by atoms with van der Waals surface area (Å²) in [6, 6.07) is 9.84. The van der Waals surface area contributed by atoms with Crippen LogP contribution in [0.5, 0.6) is 11.5 Å². The second-order valence-corrected chi connectivity index (χ2v) is 25.5. The van der Waals surface area contributed by atoms with Crippen LogP contribution in [-0.4, -0.2) is 28.0 Å². The quantitative estimate of drug-likeness (QED) is 0.187. The highest BCUT2D eigenvalue weighted by Crippen LogP contribution is 2.52. The van der Waals surface area contributed by atoms with Gasteiger partial charge in [-0.05, 0) is 183 Å². The third-order valence-electron chi connectivity index (χ3n) is 15.0. The summed E-state index contributed by atoms with van der Waals surface area (Å²) >= 11 is 0. The molecule has 332 valence electrons. The van der Waals surface area contributed by atoms with E-state index in [1.807, 2.05) is 0 Å². The summed E-state index contributed by atoms with van der Waals surface area (Å²) in [5.74, 6) is 12.9. The molecule has 61 heavy (non-hydrogen) atoms. The van der Waals surface area contributed by atoms with E-state index in [1.165, 1.54) is 139 Å². The van der Waals surface area contributed by atoms with Gasteiger partial charge < -0.3 is 9.47 Å². The van der Waals surface area contributed by atoms with Crippen LogP contribution in [0.1, 0.15) is 172 Å². The lowest BCUT2D eigenvalue weighted by atomic mass is 9.80. The van der Waals surface area contributed by atoms with Gasteiger partial charge in [-0.2, -0.15) is 21.0 Å². The second kappa shape index (κ2) is 17.5. The molecule has 0 bridgehead atoms. The number of ether oxygens (including phenoxy) is 2. The fraction of sp³-hybridized carbons (Fsp3) is 0.544. The lowest BCUT2D eigenvalue weighted by Gasteiger charge is -2.35. The molecule has 0 N–H and O–H groups in total. The summed E-state index contributed by atoms with van der Waals surface area (Å²) in [5, 5.41) is 0.997. The minimum absolute atomic E-state index is 0.0610. The smallest absolute Gasteiger partial charge is 0.245 e. The highest BCUT2D eigenvalue weighted by atomic mass is 32.2. The van der Waals surface area contributed by atoms with E-state index >= 15 is 0 Å². The number of rotatable bonds is 2. The Morgan fingerprint density at radius 3 is 1.07 bits per heavy atom. The fourth-order valence-corrected chi connectivity index (χ4v) is 14.9. The first-order chi connectivity index (χ1) is 28.2. The van der Waals surface area contributed by atoms with E-state index in [2.05, 4.69) is 149 Å². The van der Waals surface area contributed by atoms with Crippen molar-refractivity contribution in [2.24, 2.45) is 0 Å². The lowest BCUT2D eigenvalue weighted by molar-refractivity contribution is -0.0811. The van der Waals surface area contributed by atoms with Crippen molar-refractivity contribution in [2.45, 2.75) is 202 Å². The van der Waals surface area contributed by atoms with Gasteiger partial charge in [0.2, 0.25) is 5.79 Å². The molecule has 2 aliphatic rings. The van der Waals surface area contributed by atoms with Gasteiger partial charge in [-0.25, -0.2) is 0 Å². The topological polar surface area (TPSA) is 18.5 Å². The van der Waals surface area contributed by atoms with Gasteiger partial charge in [0.15, 0.2) is 0 Å². The van der Waals surface area contributed by atoms with E-state index < -0.39 is 5.79 Å². The molecule has 1 aliphatic heterocycles. The summed E-state index contributed by atoms with van der Waals surface area (Å²) in [6.45, 7) is 41.4. The Morgan fingerprint density at radius 1 is 0.475 bits per heavy atom. The van der Waals surface area contributed by atoms with Crippen molar-refractivity contribution in [3.8, 4) is 33.8 Å². The van der Waals surface area contributed by atoms with Gasteiger partial charge >= 0.3 is 0 Å². The van der Waals surface area contributed by atoms with Gasteiger partial charge in [0.25, 0.3) is 0 Å². The van der Waals surface area contributed by atoms with Crippen LogP contribution in [-0.2, 0) is 22.3 Å². The number of fused-ring (bicyclic) bond motifs is 3. The molecule has 0 saturated heterocycles. The molecule has 1 aliphatic carbocycles. The molecule has 0 aromatic heterocycles. The average Bonchev–Trinajstić information content (AvgIpc) is 3.15. The zero-order chi connectivity index (χ0) is 45.3. The molecule has 4 atom stereocenters. The van der Waals surface area contributed by atoms with Gasteiger partial charge in [0, 0.05) is 58.1 Å². The van der Waals surface area contributed by atoms with Crippen LogP contribution >= 0.6 is 21.0 Å². The van der Waals surface area contributed by atoms with Gasteiger partial charge in [-0.15, -0.1) is 0 Å². The van der Waals surface area contributed by atoms with E-state index in [9.17, 15) is 0 Å². The highest BCUT2D eigenvalue weighted by molar-refractivity contribution is 8.17. The Kier molecular flexibility index (Phi) is 13.6. The maximum Gasteiger partial charge on any atom is 0.245 e. The highest BCUT2D eigenvalue weighted by Gasteiger charge is 2.35. The molecule has 6 rings (SSSR count). The Hall–Kier alpha value is -3.08. The van der Waals surface area contributed by atoms with Gasteiger partial charge in [0.05, 0.1) is 0 Å². The summed E-state index contributed by atoms with van der Waals surface area (Å²) in [4.78, 5) is 0. The molecule has 4 aromatic carbocycles. The first kappa shape index (κ1) is 47.4. The lowest BCUT2D eigenvalue weighted by Crippen LogP contribution is -2.36. The molecular weight excluding hydrogens is 781 g/mol. The van der Waals surface area contributed by atoms with Crippen molar-refractivity contribution >= 4 is 32.7 Å². The minimum Gasteiger partial charge on any atom is -0.452 e. The molecule has 0 radical (unpaired) electrons. The summed E-state index contributed by atoms with van der Waals surface area (Å²) in [6.07, 6.45) is 7.59. The molecule has 1 saturated carbocycles. The Labute approximate surface area is 377 Å². The van der Waals surface area contributed by atoms with E-state index in [0.717, 1.165) is 23.0 Å². The molecule has 0 spiro atoms. The van der Waals surface area contributed by atoms with Crippen LogP contribution in [0, 0.1) is 69.2 Å². The zero-order valence-electron chi connectivity index (χ0n) is 41.7. The number of hydrogen-bond donors (Lipinski definition) is 0.